The number of allylic oxidation sites excluding steroid dienone is 1. The molecule has 0 aliphatic heterocycles. The highest BCUT2D eigenvalue weighted by Gasteiger charge is 2.40. The van der Waals surface area contributed by atoms with Gasteiger partial charge < -0.3 is 10.6 Å². The smallest absolute Gasteiger partial charge is 0.331 e. The van der Waals surface area contributed by atoms with Crippen LogP contribution in [0.1, 0.15) is 33.0 Å². The van der Waals surface area contributed by atoms with Crippen LogP contribution in [0, 0.1) is 0 Å². The third-order valence-corrected chi connectivity index (χ3v) is 5.90. The maximum atomic E-state index is 13.7. The van der Waals surface area contributed by atoms with E-state index in [0.29, 0.717) is 18.2 Å². The second kappa shape index (κ2) is 12.0. The Hall–Kier alpha value is -2.64. The Morgan fingerprint density at radius 3 is 1.95 bits per heavy atom. The lowest BCUT2D eigenvalue weighted by atomic mass is 9.95. The van der Waals surface area contributed by atoms with Gasteiger partial charge in [-0.3, -0.25) is 4.79 Å². The Morgan fingerprint density at radius 1 is 0.868 bits per heavy atom. The molecule has 4 nitrogen and oxygen atoms in total. The van der Waals surface area contributed by atoms with E-state index in [-0.39, 0.29) is 20.6 Å². The molecule has 208 valence electrons. The number of Topliss-reactive ketones (excluding diaryl/α,β-unsaturated/α-hetero) is 1. The zero-order chi connectivity index (χ0) is 29.1. The lowest BCUT2D eigenvalue weighted by Gasteiger charge is -2.19. The number of rotatable bonds is 7. The Kier molecular flexibility index (Phi) is 10.0. The van der Waals surface area contributed by atoms with Crippen LogP contribution in [-0.2, 0) is 6.18 Å². The van der Waals surface area contributed by atoms with Crippen LogP contribution in [0.25, 0.3) is 6.08 Å². The molecule has 1 unspecified atom stereocenters. The second-order valence-corrected chi connectivity index (χ2v) is 8.75. The van der Waals surface area contributed by atoms with Crippen molar-refractivity contribution in [2.24, 2.45) is 0 Å². The number of halogens is 12. The minimum Gasteiger partial charge on any atom is -0.331 e. The Labute approximate surface area is 223 Å². The van der Waals surface area contributed by atoms with Crippen molar-refractivity contribution in [2.45, 2.75) is 24.4 Å². The summed E-state index contributed by atoms with van der Waals surface area (Å²) in [5.74, 6) is -3.65. The van der Waals surface area contributed by atoms with Crippen molar-refractivity contribution in [1.82, 2.24) is 10.6 Å². The van der Waals surface area contributed by atoms with Crippen LogP contribution in [-0.4, -0.2) is 37.3 Å². The molecule has 0 saturated heterocycles. The van der Waals surface area contributed by atoms with Crippen molar-refractivity contribution >= 4 is 52.7 Å². The second-order valence-electron chi connectivity index (χ2n) is 7.55. The van der Waals surface area contributed by atoms with Gasteiger partial charge in [0.25, 0.3) is 0 Å². The molecule has 0 fully saturated rings. The summed E-state index contributed by atoms with van der Waals surface area (Å²) in [6, 6.07) is 2.33. The van der Waals surface area contributed by atoms with Crippen molar-refractivity contribution < 1.29 is 49.1 Å². The largest absolute Gasteiger partial charge is 0.417 e. The molecule has 0 radical (unpaired) electrons. The highest BCUT2D eigenvalue weighted by molar-refractivity contribution is 6.48. The Morgan fingerprint density at radius 2 is 1.45 bits per heavy atom. The predicted octanol–water partition coefficient (Wildman–Crippen LogP) is 8.07. The van der Waals surface area contributed by atoms with Crippen molar-refractivity contribution in [3.63, 3.8) is 0 Å². The molecule has 0 bridgehead atoms. The highest BCUT2D eigenvalue weighted by Crippen LogP contribution is 2.41. The van der Waals surface area contributed by atoms with Crippen molar-refractivity contribution in [1.29, 1.82) is 0 Å². The predicted molar refractivity (Wildman–Crippen MR) is 123 cm³/mol. The number of urea groups is 1. The molecule has 0 heterocycles. The van der Waals surface area contributed by atoms with E-state index >= 15 is 0 Å². The number of alkyl halides is 9. The minimum absolute atomic E-state index is 0.190. The van der Waals surface area contributed by atoms with E-state index in [4.69, 9.17) is 34.8 Å². The van der Waals surface area contributed by atoms with Crippen LogP contribution in [0.4, 0.5) is 44.3 Å². The molecule has 0 spiro atoms. The molecule has 0 saturated carbocycles. The molecule has 0 aliphatic rings. The first kappa shape index (κ1) is 31.6. The fourth-order valence-electron chi connectivity index (χ4n) is 3.01. The lowest BCUT2D eigenvalue weighted by molar-refractivity contribution is -0.139. The summed E-state index contributed by atoms with van der Waals surface area (Å²) in [7, 11) is 0. The van der Waals surface area contributed by atoms with E-state index < -0.39 is 66.0 Å². The molecule has 16 heteroatoms. The van der Waals surface area contributed by atoms with Gasteiger partial charge in [-0.15, -0.1) is 0 Å². The summed E-state index contributed by atoms with van der Waals surface area (Å²) in [6.45, 7) is -2.83. The fraction of sp³-hybridized carbons (Fsp3) is 0.273. The maximum absolute atomic E-state index is 13.7. The quantitative estimate of drug-likeness (QED) is 0.188. The summed E-state index contributed by atoms with van der Waals surface area (Å²) in [4.78, 5) is 23.6. The highest BCUT2D eigenvalue weighted by atomic mass is 35.5. The molecule has 2 aromatic carbocycles. The molecule has 38 heavy (non-hydrogen) atoms. The summed E-state index contributed by atoms with van der Waals surface area (Å²) >= 11 is 17.3. The number of hydrogen-bond acceptors (Lipinski definition) is 2. The minimum atomic E-state index is -5.14. The van der Waals surface area contributed by atoms with Gasteiger partial charge in [0, 0.05) is 5.56 Å². The van der Waals surface area contributed by atoms with Gasteiger partial charge in [-0.2, -0.15) is 39.5 Å². The van der Waals surface area contributed by atoms with Crippen LogP contribution in [0.3, 0.4) is 0 Å². The first-order valence-corrected chi connectivity index (χ1v) is 11.1. The van der Waals surface area contributed by atoms with E-state index in [1.807, 2.05) is 0 Å². The molecule has 2 N–H and O–H groups in total. The molecule has 2 rings (SSSR count). The summed E-state index contributed by atoms with van der Waals surface area (Å²) < 4.78 is 118. The fourth-order valence-corrected chi connectivity index (χ4v) is 3.63. The molecule has 0 aromatic heterocycles. The van der Waals surface area contributed by atoms with E-state index in [1.165, 1.54) is 5.32 Å². The zero-order valence-electron chi connectivity index (χ0n) is 18.4. The van der Waals surface area contributed by atoms with Crippen LogP contribution in [0.2, 0.25) is 15.1 Å². The van der Waals surface area contributed by atoms with E-state index in [2.05, 4.69) is 0 Å². The SMILES string of the molecule is O=C(NCC(=O)c1ccc(/C=C/C(c2cc(Cl)c(Cl)c(Cl)c2)C(F)(F)F)cc1C(F)(F)F)NCC(F)(F)F. The zero-order valence-corrected chi connectivity index (χ0v) is 20.7. The monoisotopic (exact) mass is 614 g/mol. The van der Waals surface area contributed by atoms with Gasteiger partial charge in [0.1, 0.15) is 6.54 Å². The van der Waals surface area contributed by atoms with Gasteiger partial charge >= 0.3 is 24.6 Å². The topological polar surface area (TPSA) is 58.2 Å². The summed E-state index contributed by atoms with van der Waals surface area (Å²) in [5.41, 5.74) is -3.31. The van der Waals surface area contributed by atoms with Gasteiger partial charge in [-0.1, -0.05) is 59.1 Å². The number of hydrogen-bond donors (Lipinski definition) is 2. The van der Waals surface area contributed by atoms with Crippen molar-refractivity contribution in [3.05, 3.63) is 73.7 Å². The first-order chi connectivity index (χ1) is 17.3. The maximum Gasteiger partial charge on any atom is 0.417 e. The molecular weight excluding hydrogens is 602 g/mol. The van der Waals surface area contributed by atoms with Crippen LogP contribution in [0.15, 0.2) is 36.4 Å². The van der Waals surface area contributed by atoms with Crippen LogP contribution in [0.5, 0.6) is 0 Å². The van der Waals surface area contributed by atoms with Gasteiger partial charge in [0.2, 0.25) is 0 Å². The van der Waals surface area contributed by atoms with Gasteiger partial charge in [0.15, 0.2) is 5.78 Å². The van der Waals surface area contributed by atoms with E-state index in [9.17, 15) is 49.1 Å². The van der Waals surface area contributed by atoms with Crippen molar-refractivity contribution in [3.8, 4) is 0 Å². The normalized spacial score (nSPS) is 13.5. The average Bonchev–Trinajstić information content (AvgIpc) is 2.77. The standard InChI is InChI=1S/C22H14Cl3F9N2O2/c23-15-6-11(7-16(24)18(15)25)13(21(29,30)31)4-2-10-1-3-12(14(5-10)22(32,33)34)17(37)8-35-19(38)36-9-20(26,27)28/h1-7,13H,8-9H2,(H2,35,36,38)/b4-2+. The number of benzene rings is 2. The molecule has 1 atom stereocenters. The third kappa shape index (κ3) is 8.98. The molecule has 2 aromatic rings. The first-order valence-electron chi connectivity index (χ1n) is 10.0. The number of ketones is 1. The van der Waals surface area contributed by atoms with Gasteiger partial charge in [-0.25, -0.2) is 4.79 Å². The van der Waals surface area contributed by atoms with E-state index in [0.717, 1.165) is 24.3 Å². The Bertz CT molecular complexity index is 1200. The third-order valence-electron chi connectivity index (χ3n) is 4.71. The summed E-state index contributed by atoms with van der Waals surface area (Å²) in [6.07, 6.45) is -13.5. The van der Waals surface area contributed by atoms with Crippen molar-refractivity contribution in [2.75, 3.05) is 13.1 Å². The molecule has 2 amide bonds. The number of carbonyl (C=O) groups excluding carboxylic acids is 2. The number of nitrogens with one attached hydrogen (secondary N) is 2. The average molecular weight is 616 g/mol. The lowest BCUT2D eigenvalue weighted by Crippen LogP contribution is -2.42. The van der Waals surface area contributed by atoms with E-state index in [1.54, 1.807) is 5.32 Å². The molecular formula is C22H14Cl3F9N2O2. The number of amides is 2. The van der Waals surface area contributed by atoms with Gasteiger partial charge in [-0.05, 0) is 29.3 Å². The van der Waals surface area contributed by atoms with Crippen LogP contribution >= 0.6 is 34.8 Å². The van der Waals surface area contributed by atoms with Gasteiger partial charge in [0.05, 0.1) is 33.1 Å². The molecule has 0 aliphatic carbocycles. The Balaban J connectivity index is 2.33. The van der Waals surface area contributed by atoms with Crippen LogP contribution < -0.4 is 10.6 Å². The number of carbonyl (C=O) groups is 2. The summed E-state index contributed by atoms with van der Waals surface area (Å²) in [5, 5.41) is 2.32.